The molecule has 4 rings (SSSR count). The second-order valence-corrected chi connectivity index (χ2v) is 14.8. The lowest BCUT2D eigenvalue weighted by Crippen LogP contribution is -2.39. The van der Waals surface area contributed by atoms with Gasteiger partial charge in [-0.15, -0.1) is 0 Å². The van der Waals surface area contributed by atoms with Gasteiger partial charge in [0.05, 0.1) is 11.9 Å². The van der Waals surface area contributed by atoms with Crippen molar-refractivity contribution in [3.63, 3.8) is 0 Å². The first kappa shape index (κ1) is 24.5. The van der Waals surface area contributed by atoms with Crippen LogP contribution in [0.2, 0.25) is 0 Å². The van der Waals surface area contributed by atoms with Crippen LogP contribution in [0, 0.1) is 29.1 Å². The first-order chi connectivity index (χ1) is 15.0. The third-order valence-corrected chi connectivity index (χ3v) is 12.3. The summed E-state index contributed by atoms with van der Waals surface area (Å²) in [7, 11) is -3.25. The summed E-state index contributed by atoms with van der Waals surface area (Å²) < 4.78 is 25.9. The Labute approximate surface area is 197 Å². The molecule has 0 bridgehead atoms. The molecule has 0 saturated heterocycles. The number of sulfone groups is 1. The summed E-state index contributed by atoms with van der Waals surface area (Å²) in [6.07, 6.45) is 13.8. The van der Waals surface area contributed by atoms with Crippen LogP contribution in [0.3, 0.4) is 0 Å². The number of aliphatic hydroxyl groups is 1. The zero-order valence-electron chi connectivity index (χ0n) is 21.1. The number of hydrogen-bond acceptors (Lipinski definition) is 3. The monoisotopic (exact) mass is 462 g/mol. The van der Waals surface area contributed by atoms with E-state index in [0.717, 1.165) is 41.7 Å². The van der Waals surface area contributed by atoms with E-state index in [0.29, 0.717) is 24.2 Å². The highest BCUT2D eigenvalue weighted by molar-refractivity contribution is 7.93. The number of rotatable bonds is 6. The fourth-order valence-corrected chi connectivity index (χ4v) is 10.0. The normalized spacial score (nSPS) is 41.2. The van der Waals surface area contributed by atoms with Crippen LogP contribution < -0.4 is 0 Å². The van der Waals surface area contributed by atoms with Crippen molar-refractivity contribution in [1.82, 2.24) is 0 Å². The summed E-state index contributed by atoms with van der Waals surface area (Å²) in [4.78, 5) is 0. The molecular formula is C28H46O3S. The van der Waals surface area contributed by atoms with Crippen LogP contribution in [-0.2, 0) is 9.84 Å². The maximum absolute atomic E-state index is 13.4. The van der Waals surface area contributed by atoms with E-state index in [1.807, 2.05) is 6.92 Å². The van der Waals surface area contributed by atoms with Gasteiger partial charge in [-0.3, -0.25) is 0 Å². The van der Waals surface area contributed by atoms with Gasteiger partial charge in [-0.1, -0.05) is 64.2 Å². The largest absolute Gasteiger partial charge is 0.393 e. The molecule has 0 aromatic rings. The fourth-order valence-electron chi connectivity index (χ4n) is 8.02. The molecule has 4 heteroatoms. The molecule has 3 nitrogen and oxygen atoms in total. The topological polar surface area (TPSA) is 54.4 Å². The molecule has 6 atom stereocenters. The molecule has 4 aliphatic rings. The van der Waals surface area contributed by atoms with Crippen molar-refractivity contribution < 1.29 is 13.5 Å². The Morgan fingerprint density at radius 3 is 2.56 bits per heavy atom. The molecule has 1 N–H and O–H groups in total. The number of fused-ring (bicyclic) bond motifs is 1. The number of aliphatic hydroxyl groups excluding tert-OH is 1. The third-order valence-electron chi connectivity index (χ3n) is 9.88. The summed E-state index contributed by atoms with van der Waals surface area (Å²) in [5.41, 5.74) is 3.84. The van der Waals surface area contributed by atoms with Crippen LogP contribution in [0.4, 0.5) is 0 Å². The predicted octanol–water partition coefficient (Wildman–Crippen LogP) is 6.62. The van der Waals surface area contributed by atoms with Crippen molar-refractivity contribution in [2.75, 3.05) is 5.75 Å². The summed E-state index contributed by atoms with van der Waals surface area (Å²) in [5, 5.41) is 10.3. The van der Waals surface area contributed by atoms with Gasteiger partial charge in [0.1, 0.15) is 4.75 Å². The van der Waals surface area contributed by atoms with Crippen molar-refractivity contribution >= 4 is 9.84 Å². The van der Waals surface area contributed by atoms with Crippen molar-refractivity contribution in [2.24, 2.45) is 29.1 Å². The quantitative estimate of drug-likeness (QED) is 0.451. The molecule has 0 aromatic heterocycles. The maximum Gasteiger partial charge on any atom is 0.166 e. The summed E-state index contributed by atoms with van der Waals surface area (Å²) in [6.45, 7) is 11.6. The first-order valence-electron chi connectivity index (χ1n) is 13.3. The molecule has 2 fully saturated rings. The van der Waals surface area contributed by atoms with Crippen LogP contribution in [0.25, 0.3) is 0 Å². The van der Waals surface area contributed by atoms with Gasteiger partial charge in [-0.2, -0.15) is 0 Å². The maximum atomic E-state index is 13.4. The molecule has 2 saturated carbocycles. The highest BCUT2D eigenvalue weighted by Crippen LogP contribution is 2.60. The lowest BCUT2D eigenvalue weighted by molar-refractivity contribution is 0.0925. The minimum Gasteiger partial charge on any atom is -0.393 e. The van der Waals surface area contributed by atoms with E-state index < -0.39 is 14.6 Å². The van der Waals surface area contributed by atoms with Crippen LogP contribution in [-0.4, -0.2) is 30.1 Å². The molecule has 0 unspecified atom stereocenters. The van der Waals surface area contributed by atoms with E-state index in [1.54, 1.807) is 0 Å². The Kier molecular flexibility index (Phi) is 6.80. The van der Waals surface area contributed by atoms with Gasteiger partial charge in [-0.25, -0.2) is 8.42 Å². The van der Waals surface area contributed by atoms with Crippen LogP contribution in [0.15, 0.2) is 22.8 Å². The Balaban J connectivity index is 1.60. The summed E-state index contributed by atoms with van der Waals surface area (Å²) in [6, 6.07) is 0. The second kappa shape index (κ2) is 8.87. The van der Waals surface area contributed by atoms with Gasteiger partial charge in [0.15, 0.2) is 9.84 Å². The SMILES string of the molecule is CC(C)CCC[C@@H](C)[C@H]1CC[C@H]2/C(=C/[C@]3(C)C4=C(CC[C@H](O)C4)CS3(=O)=O)CCC[C@]12C. The standard InChI is InChI=1S/C28H46O3S/c1-19(2)8-6-9-20(3)24-13-14-25-21(10-7-15-27(24,25)4)17-28(5)26-16-23(29)12-11-22(26)18-32(28,30)31/h17,19-20,23-25,29H,6-16,18H2,1-5H3/b21-17+/t20-,23+,24-,25+,27-,28-/m1/s1. The number of hydrogen-bond donors (Lipinski definition) is 1. The molecule has 3 aliphatic carbocycles. The van der Waals surface area contributed by atoms with Crippen LogP contribution in [0.1, 0.15) is 105 Å². The minimum atomic E-state index is -3.25. The van der Waals surface area contributed by atoms with Gasteiger partial charge in [-0.05, 0) is 93.0 Å². The van der Waals surface area contributed by atoms with Crippen molar-refractivity contribution in [3.05, 3.63) is 22.8 Å². The van der Waals surface area contributed by atoms with E-state index in [4.69, 9.17) is 0 Å². The van der Waals surface area contributed by atoms with Crippen molar-refractivity contribution in [1.29, 1.82) is 0 Å². The Morgan fingerprint density at radius 1 is 1.09 bits per heavy atom. The van der Waals surface area contributed by atoms with Gasteiger partial charge < -0.3 is 5.11 Å². The number of allylic oxidation sites excluding steroid dienone is 1. The molecule has 182 valence electrons. The second-order valence-electron chi connectivity index (χ2n) is 12.5. The Morgan fingerprint density at radius 2 is 1.84 bits per heavy atom. The van der Waals surface area contributed by atoms with Gasteiger partial charge in [0, 0.05) is 0 Å². The molecule has 32 heavy (non-hydrogen) atoms. The van der Waals surface area contributed by atoms with Crippen molar-refractivity contribution in [2.45, 2.75) is 116 Å². The Hall–Kier alpha value is -0.610. The zero-order valence-corrected chi connectivity index (χ0v) is 21.9. The van der Waals surface area contributed by atoms with E-state index in [-0.39, 0.29) is 11.9 Å². The minimum absolute atomic E-state index is 0.201. The molecule has 0 aromatic carbocycles. The molecule has 0 spiro atoms. The predicted molar refractivity (Wildman–Crippen MR) is 133 cm³/mol. The van der Waals surface area contributed by atoms with Gasteiger partial charge in [0.25, 0.3) is 0 Å². The third kappa shape index (κ3) is 4.17. The molecular weight excluding hydrogens is 416 g/mol. The highest BCUT2D eigenvalue weighted by Gasteiger charge is 2.53. The average molecular weight is 463 g/mol. The van der Waals surface area contributed by atoms with Gasteiger partial charge >= 0.3 is 0 Å². The summed E-state index contributed by atoms with van der Waals surface area (Å²) >= 11 is 0. The molecule has 1 aliphatic heterocycles. The first-order valence-corrected chi connectivity index (χ1v) is 15.0. The Bertz CT molecular complexity index is 882. The molecule has 1 heterocycles. The van der Waals surface area contributed by atoms with Crippen molar-refractivity contribution in [3.8, 4) is 0 Å². The molecule has 0 radical (unpaired) electrons. The average Bonchev–Trinajstić information content (AvgIpc) is 3.14. The summed E-state index contributed by atoms with van der Waals surface area (Å²) in [5.74, 6) is 3.01. The van der Waals surface area contributed by atoms with E-state index in [2.05, 4.69) is 33.8 Å². The van der Waals surface area contributed by atoms with Gasteiger partial charge in [0.2, 0.25) is 0 Å². The van der Waals surface area contributed by atoms with E-state index in [9.17, 15) is 13.5 Å². The van der Waals surface area contributed by atoms with Crippen LogP contribution in [0.5, 0.6) is 0 Å². The lowest BCUT2D eigenvalue weighted by Gasteiger charge is -2.45. The lowest BCUT2D eigenvalue weighted by atomic mass is 9.60. The van der Waals surface area contributed by atoms with Crippen LogP contribution >= 0.6 is 0 Å². The zero-order chi connectivity index (χ0) is 23.3. The molecule has 0 amide bonds. The van der Waals surface area contributed by atoms with E-state index in [1.165, 1.54) is 50.5 Å². The smallest absolute Gasteiger partial charge is 0.166 e. The highest BCUT2D eigenvalue weighted by atomic mass is 32.2. The van der Waals surface area contributed by atoms with E-state index >= 15 is 0 Å². The fraction of sp³-hybridized carbons (Fsp3) is 0.857.